The van der Waals surface area contributed by atoms with Crippen molar-refractivity contribution in [2.45, 2.75) is 19.4 Å². The van der Waals surface area contributed by atoms with E-state index in [2.05, 4.69) is 11.4 Å². The van der Waals surface area contributed by atoms with Gasteiger partial charge in [0, 0.05) is 26.7 Å². The van der Waals surface area contributed by atoms with Crippen LogP contribution in [-0.4, -0.2) is 50.2 Å². The molecule has 0 bridgehead atoms. The molecule has 0 aliphatic carbocycles. The molecule has 1 atom stereocenters. The van der Waals surface area contributed by atoms with Gasteiger partial charge in [0.15, 0.2) is 0 Å². The van der Waals surface area contributed by atoms with Crippen LogP contribution in [0.4, 0.5) is 0 Å². The van der Waals surface area contributed by atoms with Gasteiger partial charge in [0.25, 0.3) is 0 Å². The highest BCUT2D eigenvalue weighted by Gasteiger charge is 2.18. The van der Waals surface area contributed by atoms with Gasteiger partial charge in [-0.1, -0.05) is 29.8 Å². The zero-order chi connectivity index (χ0) is 13.7. The minimum atomic E-state index is 0.111. The lowest BCUT2D eigenvalue weighted by Gasteiger charge is -2.28. The third-order valence-electron chi connectivity index (χ3n) is 3.35. The average Bonchev–Trinajstić information content (AvgIpc) is 2.40. The second kappa shape index (κ2) is 6.68. The number of rotatable bonds is 4. The first-order valence-corrected chi connectivity index (χ1v) is 6.77. The zero-order valence-corrected chi connectivity index (χ0v) is 11.7. The van der Waals surface area contributed by atoms with Gasteiger partial charge in [-0.3, -0.25) is 4.79 Å². The van der Waals surface area contributed by atoms with E-state index in [-0.39, 0.29) is 12.0 Å². The van der Waals surface area contributed by atoms with Gasteiger partial charge in [0.05, 0.1) is 19.1 Å². The predicted molar refractivity (Wildman–Crippen MR) is 75.1 cm³/mol. The van der Waals surface area contributed by atoms with Crippen LogP contribution in [0.25, 0.3) is 0 Å². The minimum absolute atomic E-state index is 0.111. The molecule has 0 spiro atoms. The number of morpholine rings is 1. The summed E-state index contributed by atoms with van der Waals surface area (Å²) in [6, 6.07) is 8.09. The molecule has 4 heteroatoms. The van der Waals surface area contributed by atoms with Gasteiger partial charge >= 0.3 is 0 Å². The number of likely N-dealkylation sites (N-methyl/N-ethyl adjacent to an activating group) is 1. The second-order valence-corrected chi connectivity index (χ2v) is 5.14. The highest BCUT2D eigenvalue weighted by atomic mass is 16.5. The van der Waals surface area contributed by atoms with E-state index in [1.165, 1.54) is 5.56 Å². The van der Waals surface area contributed by atoms with Gasteiger partial charge < -0.3 is 15.0 Å². The Morgan fingerprint density at radius 1 is 1.53 bits per heavy atom. The number of nitrogens with zero attached hydrogens (tertiary/aromatic N) is 1. The van der Waals surface area contributed by atoms with E-state index in [0.717, 1.165) is 25.3 Å². The monoisotopic (exact) mass is 262 g/mol. The van der Waals surface area contributed by atoms with E-state index >= 15 is 0 Å². The van der Waals surface area contributed by atoms with Gasteiger partial charge in [-0.25, -0.2) is 0 Å². The SMILES string of the molecule is Cc1cccc(CC(=O)N(C)CC2CNCCO2)c1. The van der Waals surface area contributed by atoms with Crippen molar-refractivity contribution in [2.75, 3.05) is 33.3 Å². The summed E-state index contributed by atoms with van der Waals surface area (Å²) in [5, 5.41) is 3.27. The molecule has 1 aliphatic rings. The molecule has 1 fully saturated rings. The maximum atomic E-state index is 12.1. The fraction of sp³-hybridized carbons (Fsp3) is 0.533. The van der Waals surface area contributed by atoms with Crippen LogP contribution in [0.1, 0.15) is 11.1 Å². The Morgan fingerprint density at radius 3 is 3.05 bits per heavy atom. The second-order valence-electron chi connectivity index (χ2n) is 5.14. The minimum Gasteiger partial charge on any atom is -0.374 e. The summed E-state index contributed by atoms with van der Waals surface area (Å²) in [6.07, 6.45) is 0.568. The first kappa shape index (κ1) is 14.0. The molecule has 1 aromatic rings. The molecule has 1 N–H and O–H groups in total. The molecule has 1 unspecified atom stereocenters. The number of amides is 1. The van der Waals surface area contributed by atoms with E-state index in [9.17, 15) is 4.79 Å². The Bertz CT molecular complexity index is 428. The van der Waals surface area contributed by atoms with Crippen molar-refractivity contribution < 1.29 is 9.53 Å². The van der Waals surface area contributed by atoms with Gasteiger partial charge in [-0.05, 0) is 12.5 Å². The maximum Gasteiger partial charge on any atom is 0.226 e. The molecule has 1 aliphatic heterocycles. The fourth-order valence-electron chi connectivity index (χ4n) is 2.28. The number of nitrogens with one attached hydrogen (secondary N) is 1. The van der Waals surface area contributed by atoms with E-state index < -0.39 is 0 Å². The number of carbonyl (C=O) groups is 1. The van der Waals surface area contributed by atoms with Crippen molar-refractivity contribution >= 4 is 5.91 Å². The highest BCUT2D eigenvalue weighted by molar-refractivity contribution is 5.78. The van der Waals surface area contributed by atoms with Crippen molar-refractivity contribution in [3.05, 3.63) is 35.4 Å². The lowest BCUT2D eigenvalue weighted by molar-refractivity contribution is -0.131. The number of carbonyl (C=O) groups excluding carboxylic acids is 1. The lowest BCUT2D eigenvalue weighted by Crippen LogP contribution is -2.46. The molecule has 19 heavy (non-hydrogen) atoms. The molecule has 0 radical (unpaired) electrons. The van der Waals surface area contributed by atoms with Crippen LogP contribution in [-0.2, 0) is 16.0 Å². The summed E-state index contributed by atoms with van der Waals surface area (Å²) >= 11 is 0. The fourth-order valence-corrected chi connectivity index (χ4v) is 2.28. The maximum absolute atomic E-state index is 12.1. The number of hydrogen-bond donors (Lipinski definition) is 1. The number of aryl methyl sites for hydroxylation is 1. The van der Waals surface area contributed by atoms with Crippen LogP contribution in [0, 0.1) is 6.92 Å². The van der Waals surface area contributed by atoms with Crippen LogP contribution in [0.3, 0.4) is 0 Å². The van der Waals surface area contributed by atoms with Gasteiger partial charge in [0.1, 0.15) is 0 Å². The molecule has 1 heterocycles. The van der Waals surface area contributed by atoms with Gasteiger partial charge in [0.2, 0.25) is 5.91 Å². The Labute approximate surface area is 114 Å². The predicted octanol–water partition coefficient (Wildman–Crippen LogP) is 0.984. The number of ether oxygens (including phenoxy) is 1. The summed E-state index contributed by atoms with van der Waals surface area (Å²) in [5.74, 6) is 0.139. The standard InChI is InChI=1S/C15H22N2O2/c1-12-4-3-5-13(8-12)9-15(18)17(2)11-14-10-16-6-7-19-14/h3-5,8,14,16H,6-7,9-11H2,1-2H3. The molecule has 1 saturated heterocycles. The Kier molecular flexibility index (Phi) is 4.93. The van der Waals surface area contributed by atoms with Crippen molar-refractivity contribution in [2.24, 2.45) is 0 Å². The molecular formula is C15H22N2O2. The molecule has 1 aromatic carbocycles. The first-order chi connectivity index (χ1) is 9.15. The third kappa shape index (κ3) is 4.33. The van der Waals surface area contributed by atoms with E-state index in [0.29, 0.717) is 13.0 Å². The normalized spacial score (nSPS) is 19.2. The lowest BCUT2D eigenvalue weighted by atomic mass is 10.1. The summed E-state index contributed by atoms with van der Waals surface area (Å²) in [4.78, 5) is 13.9. The van der Waals surface area contributed by atoms with Crippen LogP contribution >= 0.6 is 0 Å². The molecule has 0 aromatic heterocycles. The number of hydrogen-bond acceptors (Lipinski definition) is 3. The van der Waals surface area contributed by atoms with E-state index in [1.54, 1.807) is 4.90 Å². The molecule has 1 amide bonds. The zero-order valence-electron chi connectivity index (χ0n) is 11.7. The van der Waals surface area contributed by atoms with Crippen molar-refractivity contribution in [3.63, 3.8) is 0 Å². The topological polar surface area (TPSA) is 41.6 Å². The highest BCUT2D eigenvalue weighted by Crippen LogP contribution is 2.07. The molecule has 104 valence electrons. The Morgan fingerprint density at radius 2 is 2.37 bits per heavy atom. The Hall–Kier alpha value is -1.39. The Balaban J connectivity index is 1.84. The average molecular weight is 262 g/mol. The van der Waals surface area contributed by atoms with Gasteiger partial charge in [-0.15, -0.1) is 0 Å². The van der Waals surface area contributed by atoms with Crippen LogP contribution in [0.15, 0.2) is 24.3 Å². The first-order valence-electron chi connectivity index (χ1n) is 6.77. The van der Waals surface area contributed by atoms with Crippen LogP contribution in [0.2, 0.25) is 0 Å². The molecule has 0 saturated carbocycles. The summed E-state index contributed by atoms with van der Waals surface area (Å²) in [5.41, 5.74) is 2.26. The quantitative estimate of drug-likeness (QED) is 0.879. The largest absolute Gasteiger partial charge is 0.374 e. The summed E-state index contributed by atoms with van der Waals surface area (Å²) in [6.45, 7) is 5.14. The van der Waals surface area contributed by atoms with Crippen molar-refractivity contribution in [1.29, 1.82) is 0 Å². The van der Waals surface area contributed by atoms with Crippen LogP contribution < -0.4 is 5.32 Å². The smallest absolute Gasteiger partial charge is 0.226 e. The van der Waals surface area contributed by atoms with E-state index in [4.69, 9.17) is 4.74 Å². The molecule has 4 nitrogen and oxygen atoms in total. The van der Waals surface area contributed by atoms with Crippen LogP contribution in [0.5, 0.6) is 0 Å². The number of benzene rings is 1. The van der Waals surface area contributed by atoms with E-state index in [1.807, 2.05) is 32.2 Å². The molecular weight excluding hydrogens is 240 g/mol. The van der Waals surface area contributed by atoms with Crippen molar-refractivity contribution in [1.82, 2.24) is 10.2 Å². The van der Waals surface area contributed by atoms with Crippen molar-refractivity contribution in [3.8, 4) is 0 Å². The third-order valence-corrected chi connectivity index (χ3v) is 3.35. The molecule has 2 rings (SSSR count). The summed E-state index contributed by atoms with van der Waals surface area (Å²) in [7, 11) is 1.84. The van der Waals surface area contributed by atoms with Gasteiger partial charge in [-0.2, -0.15) is 0 Å². The summed E-state index contributed by atoms with van der Waals surface area (Å²) < 4.78 is 5.61.